The molecule has 2 aromatic carbocycles. The lowest BCUT2D eigenvalue weighted by molar-refractivity contribution is -0.137. The van der Waals surface area contributed by atoms with Crippen molar-refractivity contribution in [1.29, 1.82) is 0 Å². The molecule has 1 aliphatic carbocycles. The molecule has 0 aromatic heterocycles. The Hall–Kier alpha value is -1.77. The second-order valence-corrected chi connectivity index (χ2v) is 5.64. The quantitative estimate of drug-likeness (QED) is 0.704. The Balaban J connectivity index is 1.85. The van der Waals surface area contributed by atoms with Gasteiger partial charge in [0.05, 0.1) is 5.56 Å². The second kappa shape index (κ2) is 5.21. The highest BCUT2D eigenvalue weighted by atomic mass is 19.4. The van der Waals surface area contributed by atoms with E-state index in [2.05, 4.69) is 18.2 Å². The van der Waals surface area contributed by atoms with E-state index in [-0.39, 0.29) is 5.92 Å². The minimum Gasteiger partial charge on any atom is -0.166 e. The minimum absolute atomic E-state index is 0.211. The first-order valence-electron chi connectivity index (χ1n) is 7.05. The predicted molar refractivity (Wildman–Crippen MR) is 77.1 cm³/mol. The summed E-state index contributed by atoms with van der Waals surface area (Å²) in [4.78, 5) is 0. The number of alkyl halides is 3. The fraction of sp³-hybridized carbons (Fsp3) is 0.278. The molecule has 2 aromatic rings. The highest BCUT2D eigenvalue weighted by molar-refractivity contribution is 5.43. The molecule has 0 heterocycles. The monoisotopic (exact) mass is 289 g/mol. The Labute approximate surface area is 122 Å². The normalized spacial score (nSPS) is 17.8. The molecule has 0 saturated heterocycles. The Kier molecular flexibility index (Phi) is 3.52. The topological polar surface area (TPSA) is 0 Å². The molecule has 109 valence electrons. The largest absolute Gasteiger partial charge is 0.416 e. The molecule has 3 heteroatoms. The van der Waals surface area contributed by atoms with Gasteiger partial charge in [0.25, 0.3) is 0 Å². The molecular weight excluding hydrogens is 273 g/mol. The lowest BCUT2D eigenvalue weighted by Crippen LogP contribution is -2.05. The van der Waals surface area contributed by atoms with E-state index in [0.29, 0.717) is 5.56 Å². The third-order valence-corrected chi connectivity index (χ3v) is 4.03. The fourth-order valence-corrected chi connectivity index (χ4v) is 2.98. The summed E-state index contributed by atoms with van der Waals surface area (Å²) in [5.41, 5.74) is 3.82. The Bertz CT molecular complexity index is 656. The molecule has 1 aliphatic rings. The molecule has 0 spiro atoms. The summed E-state index contributed by atoms with van der Waals surface area (Å²) in [6.45, 7) is 2.04. The van der Waals surface area contributed by atoms with Gasteiger partial charge in [-0.3, -0.25) is 0 Å². The van der Waals surface area contributed by atoms with Crippen LogP contribution in [-0.4, -0.2) is 0 Å². The van der Waals surface area contributed by atoms with E-state index in [0.717, 1.165) is 18.9 Å². The van der Waals surface area contributed by atoms with Crippen LogP contribution < -0.4 is 0 Å². The first kappa shape index (κ1) is 14.2. The van der Waals surface area contributed by atoms with Crippen LogP contribution in [0.2, 0.25) is 0 Å². The van der Waals surface area contributed by atoms with Gasteiger partial charge in [-0.2, -0.15) is 13.2 Å². The summed E-state index contributed by atoms with van der Waals surface area (Å²) in [6, 6.07) is 11.9. The van der Waals surface area contributed by atoms with Crippen molar-refractivity contribution < 1.29 is 13.2 Å². The van der Waals surface area contributed by atoms with E-state index in [1.807, 2.05) is 13.3 Å². The van der Waals surface area contributed by atoms with Crippen molar-refractivity contribution >= 4 is 0 Å². The van der Waals surface area contributed by atoms with Crippen molar-refractivity contribution in [1.82, 2.24) is 0 Å². The summed E-state index contributed by atoms with van der Waals surface area (Å²) >= 11 is 0. The molecule has 0 amide bonds. The summed E-state index contributed by atoms with van der Waals surface area (Å²) in [5.74, 6) is 0.211. The number of halogens is 3. The maximum atomic E-state index is 12.8. The van der Waals surface area contributed by atoms with E-state index in [1.165, 1.54) is 28.8 Å². The van der Waals surface area contributed by atoms with Crippen molar-refractivity contribution in [2.24, 2.45) is 0 Å². The van der Waals surface area contributed by atoms with Crippen molar-refractivity contribution in [3.63, 3.8) is 0 Å². The lowest BCUT2D eigenvalue weighted by Gasteiger charge is -2.14. The van der Waals surface area contributed by atoms with Crippen LogP contribution in [0.4, 0.5) is 13.2 Å². The summed E-state index contributed by atoms with van der Waals surface area (Å²) in [6.07, 6.45) is -0.362. The van der Waals surface area contributed by atoms with Gasteiger partial charge in [0.2, 0.25) is 0 Å². The van der Waals surface area contributed by atoms with Crippen LogP contribution in [0.25, 0.3) is 0 Å². The summed E-state index contributed by atoms with van der Waals surface area (Å²) in [5, 5.41) is 0. The first-order valence-corrected chi connectivity index (χ1v) is 7.05. The number of fused-ring (bicyclic) bond motifs is 1. The van der Waals surface area contributed by atoms with E-state index in [9.17, 15) is 13.2 Å². The van der Waals surface area contributed by atoms with Gasteiger partial charge in [-0.25, -0.2) is 0 Å². The van der Waals surface area contributed by atoms with Crippen LogP contribution >= 0.6 is 0 Å². The third kappa shape index (κ3) is 2.97. The molecule has 1 radical (unpaired) electrons. The molecule has 0 N–H and O–H groups in total. The van der Waals surface area contributed by atoms with Gasteiger partial charge in [-0.15, -0.1) is 0 Å². The van der Waals surface area contributed by atoms with Gasteiger partial charge in [-0.05, 0) is 54.9 Å². The van der Waals surface area contributed by atoms with Crippen LogP contribution in [-0.2, 0) is 12.6 Å². The average Bonchev–Trinajstić information content (AvgIpc) is 2.81. The lowest BCUT2D eigenvalue weighted by atomic mass is 9.92. The molecule has 0 nitrogen and oxygen atoms in total. The molecule has 21 heavy (non-hydrogen) atoms. The second-order valence-electron chi connectivity index (χ2n) is 5.64. The number of aryl methyl sites for hydroxylation is 2. The number of rotatable bonds is 2. The summed E-state index contributed by atoms with van der Waals surface area (Å²) in [7, 11) is 0. The smallest absolute Gasteiger partial charge is 0.166 e. The van der Waals surface area contributed by atoms with E-state index >= 15 is 0 Å². The van der Waals surface area contributed by atoms with Crippen LogP contribution in [0, 0.1) is 13.3 Å². The van der Waals surface area contributed by atoms with Crippen molar-refractivity contribution in [3.05, 3.63) is 76.7 Å². The molecule has 1 unspecified atom stereocenters. The molecule has 0 bridgehead atoms. The predicted octanol–water partition coefficient (Wildman–Crippen LogP) is 5.30. The Morgan fingerprint density at radius 1 is 1.10 bits per heavy atom. The molecule has 0 fully saturated rings. The Morgan fingerprint density at radius 3 is 2.67 bits per heavy atom. The number of benzene rings is 2. The maximum absolute atomic E-state index is 12.8. The third-order valence-electron chi connectivity index (χ3n) is 4.03. The van der Waals surface area contributed by atoms with Gasteiger partial charge in [0, 0.05) is 0 Å². The molecule has 0 aliphatic heterocycles. The van der Waals surface area contributed by atoms with Crippen LogP contribution in [0.15, 0.2) is 42.5 Å². The number of hydrogen-bond donors (Lipinski definition) is 0. The van der Waals surface area contributed by atoms with Crippen molar-refractivity contribution in [2.75, 3.05) is 0 Å². The molecule has 0 saturated carbocycles. The zero-order valence-corrected chi connectivity index (χ0v) is 11.7. The van der Waals surface area contributed by atoms with Gasteiger partial charge in [0.15, 0.2) is 0 Å². The van der Waals surface area contributed by atoms with Crippen molar-refractivity contribution in [3.8, 4) is 0 Å². The summed E-state index contributed by atoms with van der Waals surface area (Å²) < 4.78 is 38.3. The van der Waals surface area contributed by atoms with Gasteiger partial charge < -0.3 is 0 Å². The highest BCUT2D eigenvalue weighted by Crippen LogP contribution is 2.38. The maximum Gasteiger partial charge on any atom is 0.416 e. The molecular formula is C18H16F3. The first-order chi connectivity index (χ1) is 9.93. The average molecular weight is 289 g/mol. The highest BCUT2D eigenvalue weighted by Gasteiger charge is 2.31. The van der Waals surface area contributed by atoms with Gasteiger partial charge in [0.1, 0.15) is 0 Å². The molecule has 1 atom stereocenters. The standard InChI is InChI=1S/C18H16F3/c1-12-5-6-14-7-8-15(17(14)9-12)10-13-3-2-4-16(11-13)18(19,20)21/h2-6,9-11,15H,7-8H2,1H3. The minimum atomic E-state index is -4.28. The van der Waals surface area contributed by atoms with Crippen LogP contribution in [0.5, 0.6) is 0 Å². The SMILES string of the molecule is Cc1ccc2c(c1)C([CH]c1cccc(C(F)(F)F)c1)CC2. The van der Waals surface area contributed by atoms with Crippen LogP contribution in [0.3, 0.4) is 0 Å². The van der Waals surface area contributed by atoms with Gasteiger partial charge >= 0.3 is 6.18 Å². The molecule has 3 rings (SSSR count). The van der Waals surface area contributed by atoms with Crippen molar-refractivity contribution in [2.45, 2.75) is 31.9 Å². The van der Waals surface area contributed by atoms with Crippen LogP contribution in [0.1, 0.15) is 40.2 Å². The number of hydrogen-bond acceptors (Lipinski definition) is 0. The van der Waals surface area contributed by atoms with E-state index in [4.69, 9.17) is 0 Å². The Morgan fingerprint density at radius 2 is 1.90 bits per heavy atom. The van der Waals surface area contributed by atoms with Gasteiger partial charge in [-0.1, -0.05) is 42.0 Å². The fourth-order valence-electron chi connectivity index (χ4n) is 2.98. The zero-order valence-electron chi connectivity index (χ0n) is 11.7. The van der Waals surface area contributed by atoms with E-state index < -0.39 is 11.7 Å². The van der Waals surface area contributed by atoms with E-state index in [1.54, 1.807) is 6.07 Å². The zero-order chi connectivity index (χ0) is 15.0.